The minimum Gasteiger partial charge on any atom is -0.465 e. The quantitative estimate of drug-likeness (QED) is 0.689. The van der Waals surface area contributed by atoms with Crippen LogP contribution >= 0.6 is 0 Å². The number of aryl methyl sites for hydroxylation is 1. The van der Waals surface area contributed by atoms with E-state index in [1.807, 2.05) is 24.3 Å². The van der Waals surface area contributed by atoms with Crippen molar-refractivity contribution >= 4 is 29.1 Å². The van der Waals surface area contributed by atoms with Crippen LogP contribution in [-0.4, -0.2) is 35.5 Å². The summed E-state index contributed by atoms with van der Waals surface area (Å²) < 4.78 is 4.70. The van der Waals surface area contributed by atoms with E-state index in [0.29, 0.717) is 29.4 Å². The third-order valence-electron chi connectivity index (χ3n) is 4.77. The molecule has 0 atom stereocenters. The zero-order valence-corrected chi connectivity index (χ0v) is 16.2. The van der Waals surface area contributed by atoms with Crippen molar-refractivity contribution in [1.82, 2.24) is 9.97 Å². The van der Waals surface area contributed by atoms with E-state index in [-0.39, 0.29) is 5.91 Å². The third-order valence-corrected chi connectivity index (χ3v) is 4.77. The van der Waals surface area contributed by atoms with Gasteiger partial charge in [0.25, 0.3) is 5.91 Å². The fraction of sp³-hybridized carbons (Fsp3) is 0.182. The first-order valence-corrected chi connectivity index (χ1v) is 9.26. The van der Waals surface area contributed by atoms with Gasteiger partial charge in [-0.25, -0.2) is 14.8 Å². The lowest BCUT2D eigenvalue weighted by atomic mass is 10.2. The van der Waals surface area contributed by atoms with Crippen LogP contribution in [0.2, 0.25) is 0 Å². The van der Waals surface area contributed by atoms with Crippen molar-refractivity contribution in [3.63, 3.8) is 0 Å². The van der Waals surface area contributed by atoms with Crippen molar-refractivity contribution in [3.05, 3.63) is 77.2 Å². The van der Waals surface area contributed by atoms with Crippen LogP contribution in [0.25, 0.3) is 0 Å². The lowest BCUT2D eigenvalue weighted by Gasteiger charge is -2.17. The zero-order valence-electron chi connectivity index (χ0n) is 16.2. The zero-order chi connectivity index (χ0) is 20.4. The van der Waals surface area contributed by atoms with Gasteiger partial charge in [-0.3, -0.25) is 4.79 Å². The van der Waals surface area contributed by atoms with Crippen LogP contribution in [0, 0.1) is 6.92 Å². The number of anilines is 3. The number of nitrogens with zero attached hydrogens (tertiary/aromatic N) is 3. The number of hydrogen-bond acceptors (Lipinski definition) is 6. The van der Waals surface area contributed by atoms with Gasteiger partial charge in [-0.1, -0.05) is 18.2 Å². The average molecular weight is 388 g/mol. The SMILES string of the molecule is COC(=O)c1ccc(Nc2cc(C(=O)N3CCc4ccccc43)nc(C)n2)cc1. The number of carbonyl (C=O) groups excluding carboxylic acids is 2. The van der Waals surface area contributed by atoms with Crippen molar-refractivity contribution < 1.29 is 14.3 Å². The molecule has 4 rings (SSSR count). The van der Waals surface area contributed by atoms with Crippen molar-refractivity contribution in [1.29, 1.82) is 0 Å². The minimum atomic E-state index is -0.395. The summed E-state index contributed by atoms with van der Waals surface area (Å²) in [6.45, 7) is 2.39. The van der Waals surface area contributed by atoms with Crippen molar-refractivity contribution in [2.75, 3.05) is 23.9 Å². The van der Waals surface area contributed by atoms with Gasteiger partial charge >= 0.3 is 5.97 Å². The Morgan fingerprint density at radius 3 is 2.59 bits per heavy atom. The van der Waals surface area contributed by atoms with E-state index in [9.17, 15) is 9.59 Å². The van der Waals surface area contributed by atoms with Gasteiger partial charge < -0.3 is 15.0 Å². The van der Waals surface area contributed by atoms with E-state index < -0.39 is 5.97 Å². The molecule has 2 heterocycles. The molecule has 1 aromatic heterocycles. The molecular weight excluding hydrogens is 368 g/mol. The Hall–Kier alpha value is -3.74. The van der Waals surface area contributed by atoms with Gasteiger partial charge in [0.05, 0.1) is 12.7 Å². The number of benzene rings is 2. The maximum Gasteiger partial charge on any atom is 0.337 e. The number of amides is 1. The van der Waals surface area contributed by atoms with Crippen molar-refractivity contribution in [3.8, 4) is 0 Å². The molecule has 29 heavy (non-hydrogen) atoms. The molecule has 0 saturated heterocycles. The van der Waals surface area contributed by atoms with E-state index >= 15 is 0 Å². The van der Waals surface area contributed by atoms with Crippen LogP contribution in [0.4, 0.5) is 17.2 Å². The summed E-state index contributed by atoms with van der Waals surface area (Å²) in [5.74, 6) is 0.467. The van der Waals surface area contributed by atoms with Crippen molar-refractivity contribution in [2.24, 2.45) is 0 Å². The molecule has 1 aliphatic rings. The van der Waals surface area contributed by atoms with Crippen LogP contribution in [-0.2, 0) is 11.2 Å². The highest BCUT2D eigenvalue weighted by Crippen LogP contribution is 2.29. The third kappa shape index (κ3) is 3.80. The number of aromatic nitrogens is 2. The fourth-order valence-corrected chi connectivity index (χ4v) is 3.38. The predicted molar refractivity (Wildman–Crippen MR) is 110 cm³/mol. The molecule has 2 aromatic carbocycles. The summed E-state index contributed by atoms with van der Waals surface area (Å²) in [6.07, 6.45) is 0.837. The first-order valence-electron chi connectivity index (χ1n) is 9.26. The standard InChI is InChI=1S/C22H20N4O3/c1-14-23-18(21(27)26-12-11-15-5-3-4-6-19(15)26)13-20(24-14)25-17-9-7-16(8-10-17)22(28)29-2/h3-10,13H,11-12H2,1-2H3,(H,23,24,25). The van der Waals surface area contributed by atoms with E-state index in [1.54, 1.807) is 42.2 Å². The summed E-state index contributed by atoms with van der Waals surface area (Å²) in [5, 5.41) is 3.16. The summed E-state index contributed by atoms with van der Waals surface area (Å²) in [6, 6.07) is 16.4. The molecule has 1 N–H and O–H groups in total. The number of methoxy groups -OCH3 is 1. The van der Waals surface area contributed by atoms with Crippen LogP contribution in [0.5, 0.6) is 0 Å². The van der Waals surface area contributed by atoms with Crippen LogP contribution in [0.15, 0.2) is 54.6 Å². The highest BCUT2D eigenvalue weighted by atomic mass is 16.5. The topological polar surface area (TPSA) is 84.4 Å². The minimum absolute atomic E-state index is 0.149. The average Bonchev–Trinajstić information content (AvgIpc) is 3.17. The van der Waals surface area contributed by atoms with Gasteiger partial charge in [-0.05, 0) is 49.2 Å². The molecular formula is C22H20N4O3. The summed E-state index contributed by atoms with van der Waals surface area (Å²) in [7, 11) is 1.34. The normalized spacial score (nSPS) is 12.4. The molecule has 1 amide bonds. The first-order chi connectivity index (χ1) is 14.0. The van der Waals surface area contributed by atoms with E-state index in [1.165, 1.54) is 7.11 Å². The number of carbonyl (C=O) groups is 2. The number of nitrogens with one attached hydrogen (secondary N) is 1. The molecule has 0 unspecified atom stereocenters. The predicted octanol–water partition coefficient (Wildman–Crippen LogP) is 3.52. The number of esters is 1. The summed E-state index contributed by atoms with van der Waals surface area (Å²) in [5.41, 5.74) is 3.63. The number of para-hydroxylation sites is 1. The van der Waals surface area contributed by atoms with Crippen LogP contribution < -0.4 is 10.2 Å². The van der Waals surface area contributed by atoms with Gasteiger partial charge in [0.1, 0.15) is 17.3 Å². The molecule has 0 fully saturated rings. The molecule has 0 radical (unpaired) electrons. The highest BCUT2D eigenvalue weighted by Gasteiger charge is 2.26. The number of fused-ring (bicyclic) bond motifs is 1. The Labute approximate surface area is 168 Å². The van der Waals surface area contributed by atoms with Gasteiger partial charge in [0.2, 0.25) is 0 Å². The summed E-state index contributed by atoms with van der Waals surface area (Å²) >= 11 is 0. The van der Waals surface area contributed by atoms with E-state index in [0.717, 1.165) is 23.4 Å². The second-order valence-electron chi connectivity index (χ2n) is 6.72. The summed E-state index contributed by atoms with van der Waals surface area (Å²) in [4.78, 5) is 35.1. The lowest BCUT2D eigenvalue weighted by molar-refractivity contribution is 0.0600. The maximum atomic E-state index is 13.1. The van der Waals surface area contributed by atoms with Gasteiger partial charge in [-0.2, -0.15) is 0 Å². The highest BCUT2D eigenvalue weighted by molar-refractivity contribution is 6.06. The molecule has 1 aliphatic heterocycles. The largest absolute Gasteiger partial charge is 0.465 e. The number of rotatable bonds is 4. The molecule has 3 aromatic rings. The smallest absolute Gasteiger partial charge is 0.337 e. The van der Waals surface area contributed by atoms with Crippen molar-refractivity contribution in [2.45, 2.75) is 13.3 Å². The van der Waals surface area contributed by atoms with Gasteiger partial charge in [0.15, 0.2) is 0 Å². The maximum absolute atomic E-state index is 13.1. The molecule has 0 spiro atoms. The number of ether oxygens (including phenoxy) is 1. The van der Waals surface area contributed by atoms with E-state index in [4.69, 9.17) is 4.74 Å². The molecule has 7 nitrogen and oxygen atoms in total. The van der Waals surface area contributed by atoms with Gasteiger partial charge in [-0.15, -0.1) is 0 Å². The van der Waals surface area contributed by atoms with E-state index in [2.05, 4.69) is 15.3 Å². The molecule has 146 valence electrons. The molecule has 0 saturated carbocycles. The second-order valence-corrected chi connectivity index (χ2v) is 6.72. The lowest BCUT2D eigenvalue weighted by Crippen LogP contribution is -2.30. The van der Waals surface area contributed by atoms with Crippen LogP contribution in [0.1, 0.15) is 32.2 Å². The second kappa shape index (κ2) is 7.71. The van der Waals surface area contributed by atoms with Gasteiger partial charge in [0, 0.05) is 24.0 Å². The Bertz CT molecular complexity index is 1080. The first kappa shape index (κ1) is 18.6. The molecule has 0 bridgehead atoms. The molecule has 0 aliphatic carbocycles. The molecule has 7 heteroatoms. The fourth-order valence-electron chi connectivity index (χ4n) is 3.38. The Balaban J connectivity index is 1.57. The Kier molecular flexibility index (Phi) is 4.95. The monoisotopic (exact) mass is 388 g/mol. The number of hydrogen-bond donors (Lipinski definition) is 1. The van der Waals surface area contributed by atoms with Crippen LogP contribution in [0.3, 0.4) is 0 Å². The Morgan fingerprint density at radius 2 is 1.83 bits per heavy atom. The Morgan fingerprint density at radius 1 is 1.07 bits per heavy atom.